The maximum atomic E-state index is 12.4. The minimum atomic E-state index is -0.192. The molecular weight excluding hydrogens is 330 g/mol. The molecule has 0 aliphatic carbocycles. The Balaban J connectivity index is 1.75. The first-order valence-electron chi connectivity index (χ1n) is 8.22. The summed E-state index contributed by atoms with van der Waals surface area (Å²) in [6, 6.07) is 18.0. The molecule has 3 aromatic rings. The van der Waals surface area contributed by atoms with Gasteiger partial charge in [-0.15, -0.1) is 10.2 Å². The Morgan fingerprint density at radius 2 is 1.85 bits per heavy atom. The fourth-order valence-electron chi connectivity index (χ4n) is 2.40. The number of anilines is 1. The van der Waals surface area contributed by atoms with Gasteiger partial charge in [0, 0.05) is 22.9 Å². The van der Waals surface area contributed by atoms with E-state index >= 15 is 0 Å². The predicted molar refractivity (Wildman–Crippen MR) is 99.6 cm³/mol. The summed E-state index contributed by atoms with van der Waals surface area (Å²) >= 11 is 0. The molecule has 1 aromatic heterocycles. The van der Waals surface area contributed by atoms with Gasteiger partial charge in [0.05, 0.1) is 19.4 Å². The van der Waals surface area contributed by atoms with Gasteiger partial charge in [-0.05, 0) is 49.4 Å². The number of nitrogens with zero attached hydrogens (tertiary/aromatic N) is 2. The summed E-state index contributed by atoms with van der Waals surface area (Å²) in [6.45, 7) is 2.44. The summed E-state index contributed by atoms with van der Waals surface area (Å²) in [7, 11) is 1.59. The van der Waals surface area contributed by atoms with Gasteiger partial charge in [0.1, 0.15) is 5.75 Å². The average molecular weight is 349 g/mol. The molecular formula is C20H19N3O3. The normalized spacial score (nSPS) is 10.2. The van der Waals surface area contributed by atoms with Gasteiger partial charge in [-0.2, -0.15) is 0 Å². The lowest BCUT2D eigenvalue weighted by Gasteiger charge is -2.08. The van der Waals surface area contributed by atoms with E-state index in [1.807, 2.05) is 37.3 Å². The van der Waals surface area contributed by atoms with Crippen molar-refractivity contribution >= 4 is 11.6 Å². The van der Waals surface area contributed by atoms with Crippen LogP contribution in [0.25, 0.3) is 11.3 Å². The van der Waals surface area contributed by atoms with Gasteiger partial charge in [-0.3, -0.25) is 4.79 Å². The zero-order valence-electron chi connectivity index (χ0n) is 14.6. The molecule has 1 heterocycles. The predicted octanol–water partition coefficient (Wildman–Crippen LogP) is 3.80. The maximum Gasteiger partial charge on any atom is 0.255 e. The fourth-order valence-corrected chi connectivity index (χ4v) is 2.40. The van der Waals surface area contributed by atoms with E-state index in [-0.39, 0.29) is 5.91 Å². The van der Waals surface area contributed by atoms with Gasteiger partial charge >= 0.3 is 0 Å². The average Bonchev–Trinajstić information content (AvgIpc) is 2.69. The molecule has 0 radical (unpaired) electrons. The Morgan fingerprint density at radius 3 is 2.50 bits per heavy atom. The molecule has 1 amide bonds. The number of ether oxygens (including phenoxy) is 2. The SMILES string of the molecule is CCOc1ccc(-c2cccc(NC(=O)c3ccc(OC)cc3)c2)nn1. The van der Waals surface area contributed by atoms with E-state index in [0.717, 1.165) is 5.56 Å². The van der Waals surface area contributed by atoms with Gasteiger partial charge in [0.15, 0.2) is 0 Å². The molecule has 26 heavy (non-hydrogen) atoms. The number of hydrogen-bond acceptors (Lipinski definition) is 5. The number of methoxy groups -OCH3 is 1. The van der Waals surface area contributed by atoms with Crippen LogP contribution in [0.4, 0.5) is 5.69 Å². The van der Waals surface area contributed by atoms with Crippen LogP contribution >= 0.6 is 0 Å². The molecule has 0 saturated carbocycles. The first-order chi connectivity index (χ1) is 12.7. The third-order valence-corrected chi connectivity index (χ3v) is 3.70. The van der Waals surface area contributed by atoms with E-state index in [9.17, 15) is 4.79 Å². The Bertz CT molecular complexity index is 878. The number of benzene rings is 2. The largest absolute Gasteiger partial charge is 0.497 e. The van der Waals surface area contributed by atoms with Gasteiger partial charge < -0.3 is 14.8 Å². The first kappa shape index (κ1) is 17.4. The van der Waals surface area contributed by atoms with E-state index in [4.69, 9.17) is 9.47 Å². The standard InChI is InChI=1S/C20H19N3O3/c1-3-26-19-12-11-18(22-23-19)15-5-4-6-16(13-15)21-20(24)14-7-9-17(25-2)10-8-14/h4-13H,3H2,1-2H3,(H,21,24). The molecule has 3 rings (SSSR count). The van der Waals surface area contributed by atoms with Gasteiger partial charge in [-0.25, -0.2) is 0 Å². The van der Waals surface area contributed by atoms with Crippen molar-refractivity contribution in [3.63, 3.8) is 0 Å². The van der Waals surface area contributed by atoms with Crippen LogP contribution in [0, 0.1) is 0 Å². The molecule has 0 unspecified atom stereocenters. The Labute approximate surface area is 151 Å². The van der Waals surface area contributed by atoms with Crippen molar-refractivity contribution < 1.29 is 14.3 Å². The number of nitrogens with one attached hydrogen (secondary N) is 1. The second-order valence-corrected chi connectivity index (χ2v) is 5.45. The maximum absolute atomic E-state index is 12.4. The second kappa shape index (κ2) is 8.11. The van der Waals surface area contributed by atoms with Crippen molar-refractivity contribution in [1.29, 1.82) is 0 Å². The van der Waals surface area contributed by atoms with Crippen LogP contribution in [0.15, 0.2) is 60.7 Å². The highest BCUT2D eigenvalue weighted by Crippen LogP contribution is 2.22. The Kier molecular flexibility index (Phi) is 5.43. The monoisotopic (exact) mass is 349 g/mol. The highest BCUT2D eigenvalue weighted by molar-refractivity contribution is 6.04. The minimum Gasteiger partial charge on any atom is -0.497 e. The van der Waals surface area contributed by atoms with Crippen LogP contribution in [-0.4, -0.2) is 29.8 Å². The van der Waals surface area contributed by atoms with Crippen LogP contribution in [0.2, 0.25) is 0 Å². The Morgan fingerprint density at radius 1 is 1.04 bits per heavy atom. The Hall–Kier alpha value is -3.41. The number of carbonyl (C=O) groups is 1. The third kappa shape index (κ3) is 4.16. The van der Waals surface area contributed by atoms with Crippen LogP contribution in [0.5, 0.6) is 11.6 Å². The third-order valence-electron chi connectivity index (χ3n) is 3.70. The molecule has 0 fully saturated rings. The van der Waals surface area contributed by atoms with Crippen LogP contribution in [0.1, 0.15) is 17.3 Å². The number of rotatable bonds is 6. The molecule has 132 valence electrons. The number of amides is 1. The molecule has 0 atom stereocenters. The molecule has 6 heteroatoms. The van der Waals surface area contributed by atoms with Crippen LogP contribution < -0.4 is 14.8 Å². The highest BCUT2D eigenvalue weighted by atomic mass is 16.5. The van der Waals surface area contributed by atoms with Crippen molar-refractivity contribution in [3.05, 3.63) is 66.2 Å². The van der Waals surface area contributed by atoms with Crippen molar-refractivity contribution in [2.75, 3.05) is 19.0 Å². The van der Waals surface area contributed by atoms with Crippen molar-refractivity contribution in [2.45, 2.75) is 6.92 Å². The number of aromatic nitrogens is 2. The van der Waals surface area contributed by atoms with Crippen molar-refractivity contribution in [3.8, 4) is 22.9 Å². The topological polar surface area (TPSA) is 73.3 Å². The summed E-state index contributed by atoms with van der Waals surface area (Å²) in [6.07, 6.45) is 0. The lowest BCUT2D eigenvalue weighted by molar-refractivity contribution is 0.102. The molecule has 0 aliphatic rings. The summed E-state index contributed by atoms with van der Waals surface area (Å²) in [5.41, 5.74) is 2.79. The molecule has 0 aliphatic heterocycles. The van der Waals surface area contributed by atoms with E-state index < -0.39 is 0 Å². The molecule has 0 bridgehead atoms. The lowest BCUT2D eigenvalue weighted by atomic mass is 10.1. The van der Waals surface area contributed by atoms with Gasteiger partial charge in [-0.1, -0.05) is 12.1 Å². The number of carbonyl (C=O) groups excluding carboxylic acids is 1. The minimum absolute atomic E-state index is 0.192. The van der Waals surface area contributed by atoms with Gasteiger partial charge in [0.25, 0.3) is 5.91 Å². The highest BCUT2D eigenvalue weighted by Gasteiger charge is 2.08. The molecule has 0 saturated heterocycles. The lowest BCUT2D eigenvalue weighted by Crippen LogP contribution is -2.11. The van der Waals surface area contributed by atoms with Crippen LogP contribution in [0.3, 0.4) is 0 Å². The van der Waals surface area contributed by atoms with E-state index in [0.29, 0.717) is 35.2 Å². The second-order valence-electron chi connectivity index (χ2n) is 5.45. The zero-order valence-corrected chi connectivity index (χ0v) is 14.6. The van der Waals surface area contributed by atoms with Crippen LogP contribution in [-0.2, 0) is 0 Å². The van der Waals surface area contributed by atoms with E-state index in [1.54, 1.807) is 37.4 Å². The fraction of sp³-hybridized carbons (Fsp3) is 0.150. The number of hydrogen-bond donors (Lipinski definition) is 1. The van der Waals surface area contributed by atoms with Crippen molar-refractivity contribution in [1.82, 2.24) is 10.2 Å². The van der Waals surface area contributed by atoms with E-state index in [1.165, 1.54) is 0 Å². The summed E-state index contributed by atoms with van der Waals surface area (Å²) in [5.74, 6) is 1.00. The molecule has 0 spiro atoms. The summed E-state index contributed by atoms with van der Waals surface area (Å²) in [5, 5.41) is 11.1. The summed E-state index contributed by atoms with van der Waals surface area (Å²) < 4.78 is 10.4. The smallest absolute Gasteiger partial charge is 0.255 e. The molecule has 6 nitrogen and oxygen atoms in total. The molecule has 1 N–H and O–H groups in total. The zero-order chi connectivity index (χ0) is 18.4. The van der Waals surface area contributed by atoms with Gasteiger partial charge in [0.2, 0.25) is 5.88 Å². The quantitative estimate of drug-likeness (QED) is 0.733. The molecule has 2 aromatic carbocycles. The van der Waals surface area contributed by atoms with E-state index in [2.05, 4.69) is 15.5 Å². The summed E-state index contributed by atoms with van der Waals surface area (Å²) in [4.78, 5) is 12.4. The van der Waals surface area contributed by atoms with Crippen molar-refractivity contribution in [2.24, 2.45) is 0 Å². The first-order valence-corrected chi connectivity index (χ1v) is 8.22.